The normalized spacial score (nSPS) is 13.5. The molecule has 0 radical (unpaired) electrons. The molecule has 0 bridgehead atoms. The summed E-state index contributed by atoms with van der Waals surface area (Å²) in [7, 11) is 0. The van der Waals surface area contributed by atoms with Gasteiger partial charge in [0.25, 0.3) is 0 Å². The molecule has 65 heavy (non-hydrogen) atoms. The predicted molar refractivity (Wildman–Crippen MR) is 278 cm³/mol. The van der Waals surface area contributed by atoms with Crippen LogP contribution in [0.25, 0.3) is 0 Å². The first kappa shape index (κ1) is 60.0. The maximum atomic E-state index is 12.8. The number of ether oxygens (including phenoxy) is 3. The highest BCUT2D eigenvalue weighted by Gasteiger charge is 2.19. The van der Waals surface area contributed by atoms with Crippen molar-refractivity contribution in [3.63, 3.8) is 0 Å². The fraction of sp³-hybridized carbons (Fsp3) is 0.508. The first-order valence-corrected chi connectivity index (χ1v) is 25.1. The van der Waals surface area contributed by atoms with Gasteiger partial charge in [0.2, 0.25) is 0 Å². The molecule has 0 fully saturated rings. The second kappa shape index (κ2) is 51.7. The third-order valence-electron chi connectivity index (χ3n) is 9.67. The Morgan fingerprint density at radius 3 is 1.26 bits per heavy atom. The molecule has 0 spiro atoms. The van der Waals surface area contributed by atoms with E-state index in [9.17, 15) is 14.4 Å². The van der Waals surface area contributed by atoms with Crippen LogP contribution < -0.4 is 0 Å². The van der Waals surface area contributed by atoms with Crippen molar-refractivity contribution in [2.24, 2.45) is 0 Å². The van der Waals surface area contributed by atoms with Crippen LogP contribution in [0.1, 0.15) is 175 Å². The van der Waals surface area contributed by atoms with Crippen LogP contribution in [0.15, 0.2) is 158 Å². The molecule has 6 nitrogen and oxygen atoms in total. The van der Waals surface area contributed by atoms with E-state index in [0.717, 1.165) is 77.0 Å². The van der Waals surface area contributed by atoms with E-state index >= 15 is 0 Å². The zero-order chi connectivity index (χ0) is 47.2. The summed E-state index contributed by atoms with van der Waals surface area (Å²) in [6.07, 6.45) is 75.2. The lowest BCUT2D eigenvalue weighted by Crippen LogP contribution is -2.30. The van der Waals surface area contributed by atoms with Gasteiger partial charge in [0.15, 0.2) is 6.10 Å². The summed E-state index contributed by atoms with van der Waals surface area (Å²) >= 11 is 0. The van der Waals surface area contributed by atoms with Gasteiger partial charge in [-0.15, -0.1) is 0 Å². The molecule has 0 aromatic heterocycles. The third kappa shape index (κ3) is 49.9. The minimum atomic E-state index is -0.856. The van der Waals surface area contributed by atoms with Gasteiger partial charge in [0.1, 0.15) is 13.2 Å². The predicted octanol–water partition coefficient (Wildman–Crippen LogP) is 16.6. The Labute approximate surface area is 397 Å². The van der Waals surface area contributed by atoms with Gasteiger partial charge < -0.3 is 14.2 Å². The standard InChI is InChI=1S/C59H88O6/c1-4-7-10-13-16-19-22-25-27-29-31-34-37-40-43-46-49-52-58(61)64-55-56(54-63-57(60)51-48-45-42-39-36-33-24-21-18-15-12-9-6-3)65-59(62)53-50-47-44-41-38-35-32-30-28-26-23-20-17-14-11-8-5-2/h7-8,10-11,13,16-17,19-20,22,25-29,31-37,41-42,44-45,56H,4-6,9,12,14-15,18,21,23-24,30,38-40,43,46-55H2,1-3H3/b10-7-,11-8-,16-13-,20-17-,22-19-,27-25-,28-26-,31-29+,35-32-,36-33-,37-34-,44-41-,45-42-. The molecule has 360 valence electrons. The van der Waals surface area contributed by atoms with E-state index in [1.165, 1.54) is 38.5 Å². The smallest absolute Gasteiger partial charge is 0.306 e. The fourth-order valence-electron chi connectivity index (χ4n) is 5.97. The minimum Gasteiger partial charge on any atom is -0.462 e. The van der Waals surface area contributed by atoms with Crippen molar-refractivity contribution >= 4 is 17.9 Å². The van der Waals surface area contributed by atoms with Crippen molar-refractivity contribution < 1.29 is 28.6 Å². The number of hydrogen-bond acceptors (Lipinski definition) is 6. The molecule has 1 atom stereocenters. The Balaban J connectivity index is 4.68. The summed E-state index contributed by atoms with van der Waals surface area (Å²) in [6, 6.07) is 0. The van der Waals surface area contributed by atoms with E-state index in [-0.39, 0.29) is 44.4 Å². The zero-order valence-corrected chi connectivity index (χ0v) is 40.9. The Bertz CT molecular complexity index is 1540. The number of carbonyl (C=O) groups excluding carboxylic acids is 3. The van der Waals surface area contributed by atoms with Crippen LogP contribution in [0.3, 0.4) is 0 Å². The maximum Gasteiger partial charge on any atom is 0.306 e. The lowest BCUT2D eigenvalue weighted by Gasteiger charge is -2.18. The topological polar surface area (TPSA) is 78.9 Å². The monoisotopic (exact) mass is 893 g/mol. The third-order valence-corrected chi connectivity index (χ3v) is 9.67. The first-order valence-electron chi connectivity index (χ1n) is 25.1. The van der Waals surface area contributed by atoms with Gasteiger partial charge in [0.05, 0.1) is 0 Å². The van der Waals surface area contributed by atoms with Crippen molar-refractivity contribution in [3.05, 3.63) is 158 Å². The molecule has 0 saturated heterocycles. The van der Waals surface area contributed by atoms with Crippen LogP contribution in [0.4, 0.5) is 0 Å². The molecule has 0 aromatic carbocycles. The second-order valence-electron chi connectivity index (χ2n) is 15.8. The summed E-state index contributed by atoms with van der Waals surface area (Å²) in [5.74, 6) is -1.13. The summed E-state index contributed by atoms with van der Waals surface area (Å²) in [5.41, 5.74) is 0. The van der Waals surface area contributed by atoms with Crippen molar-refractivity contribution in [2.75, 3.05) is 13.2 Å². The first-order chi connectivity index (χ1) is 32.0. The molecule has 0 aliphatic rings. The van der Waals surface area contributed by atoms with Crippen LogP contribution in [0.5, 0.6) is 0 Å². The Morgan fingerprint density at radius 1 is 0.338 bits per heavy atom. The molecule has 0 rings (SSSR count). The van der Waals surface area contributed by atoms with Crippen molar-refractivity contribution in [2.45, 2.75) is 181 Å². The maximum absolute atomic E-state index is 12.8. The lowest BCUT2D eigenvalue weighted by molar-refractivity contribution is -0.166. The highest BCUT2D eigenvalue weighted by molar-refractivity contribution is 5.71. The van der Waals surface area contributed by atoms with Crippen LogP contribution in [0, 0.1) is 0 Å². The number of allylic oxidation sites excluding steroid dienone is 26. The molecule has 1 unspecified atom stereocenters. The van der Waals surface area contributed by atoms with Crippen molar-refractivity contribution in [3.8, 4) is 0 Å². The van der Waals surface area contributed by atoms with Gasteiger partial charge in [-0.1, -0.05) is 217 Å². The summed E-state index contributed by atoms with van der Waals surface area (Å²) in [4.78, 5) is 37.9. The summed E-state index contributed by atoms with van der Waals surface area (Å²) in [5, 5.41) is 0. The van der Waals surface area contributed by atoms with E-state index in [4.69, 9.17) is 14.2 Å². The SMILES string of the molecule is CC\C=C/C=C\C=C/C=C\C=C\C=C/CCCCCC(=O)OCC(COC(=O)CC/C=C\C/C=C\CCCCCCCC)OC(=O)CCC/C=C\C/C=C\C/C=C\C/C=C\C/C=C\CC. The van der Waals surface area contributed by atoms with E-state index in [0.29, 0.717) is 19.3 Å². The second-order valence-corrected chi connectivity index (χ2v) is 15.8. The van der Waals surface area contributed by atoms with Gasteiger partial charge in [-0.2, -0.15) is 0 Å². The van der Waals surface area contributed by atoms with Gasteiger partial charge in [-0.3, -0.25) is 14.4 Å². The summed E-state index contributed by atoms with van der Waals surface area (Å²) in [6.45, 7) is 6.19. The van der Waals surface area contributed by atoms with Gasteiger partial charge in [-0.05, 0) is 96.3 Å². The van der Waals surface area contributed by atoms with E-state index in [1.54, 1.807) is 0 Å². The highest BCUT2D eigenvalue weighted by atomic mass is 16.6. The quantitative estimate of drug-likeness (QED) is 0.0200. The van der Waals surface area contributed by atoms with Crippen LogP contribution in [-0.2, 0) is 28.6 Å². The molecule has 6 heteroatoms. The molecule has 0 aromatic rings. The zero-order valence-electron chi connectivity index (χ0n) is 40.9. The fourth-order valence-corrected chi connectivity index (χ4v) is 5.97. The molecule has 0 saturated carbocycles. The number of esters is 3. The van der Waals surface area contributed by atoms with E-state index < -0.39 is 12.1 Å². The highest BCUT2D eigenvalue weighted by Crippen LogP contribution is 2.10. The lowest BCUT2D eigenvalue weighted by atomic mass is 10.1. The Morgan fingerprint density at radius 2 is 0.723 bits per heavy atom. The van der Waals surface area contributed by atoms with E-state index in [1.807, 2.05) is 66.8 Å². The minimum absolute atomic E-state index is 0.149. The van der Waals surface area contributed by atoms with Crippen molar-refractivity contribution in [1.82, 2.24) is 0 Å². The molecular formula is C59H88O6. The average molecular weight is 893 g/mol. The Hall–Kier alpha value is -4.97. The molecule has 0 aliphatic carbocycles. The Kier molecular flexibility index (Phi) is 47.7. The number of unbranched alkanes of at least 4 members (excludes halogenated alkanes) is 10. The van der Waals surface area contributed by atoms with E-state index in [2.05, 4.69) is 112 Å². The van der Waals surface area contributed by atoms with Crippen LogP contribution in [0.2, 0.25) is 0 Å². The van der Waals surface area contributed by atoms with Crippen LogP contribution in [-0.4, -0.2) is 37.2 Å². The number of carbonyl (C=O) groups is 3. The van der Waals surface area contributed by atoms with Gasteiger partial charge in [0, 0.05) is 19.3 Å². The van der Waals surface area contributed by atoms with Gasteiger partial charge in [-0.25, -0.2) is 0 Å². The number of hydrogen-bond donors (Lipinski definition) is 0. The van der Waals surface area contributed by atoms with Crippen LogP contribution >= 0.6 is 0 Å². The summed E-state index contributed by atoms with van der Waals surface area (Å²) < 4.78 is 16.6. The molecule has 0 amide bonds. The largest absolute Gasteiger partial charge is 0.462 e. The molecular weight excluding hydrogens is 805 g/mol. The molecule has 0 N–H and O–H groups in total. The molecule has 0 aliphatic heterocycles. The van der Waals surface area contributed by atoms with Crippen molar-refractivity contribution in [1.29, 1.82) is 0 Å². The van der Waals surface area contributed by atoms with Gasteiger partial charge >= 0.3 is 17.9 Å². The average Bonchev–Trinajstić information content (AvgIpc) is 3.30. The number of rotatable bonds is 42. The molecule has 0 heterocycles.